The lowest BCUT2D eigenvalue weighted by molar-refractivity contribution is 0.0642. The van der Waals surface area contributed by atoms with E-state index >= 15 is 0 Å². The second-order valence-corrected chi connectivity index (χ2v) is 8.67. The highest BCUT2D eigenvalue weighted by molar-refractivity contribution is 8.00. The lowest BCUT2D eigenvalue weighted by Crippen LogP contribution is -2.29. The molecule has 1 aliphatic rings. The molecule has 0 saturated heterocycles. The van der Waals surface area contributed by atoms with Crippen molar-refractivity contribution in [3.63, 3.8) is 0 Å². The molecular formula is C19H17N3O3S. The van der Waals surface area contributed by atoms with Crippen LogP contribution in [0.15, 0.2) is 53.4 Å². The molecule has 1 aliphatic heterocycles. The van der Waals surface area contributed by atoms with Crippen LogP contribution in [0.5, 0.6) is 0 Å². The van der Waals surface area contributed by atoms with Crippen molar-refractivity contribution in [2.45, 2.75) is 25.3 Å². The Balaban J connectivity index is 1.87. The molecule has 0 bridgehead atoms. The minimum atomic E-state index is -2.79. The fourth-order valence-corrected chi connectivity index (χ4v) is 4.25. The highest BCUT2D eigenvalue weighted by Crippen LogP contribution is 2.24. The van der Waals surface area contributed by atoms with Gasteiger partial charge in [-0.05, 0) is 43.7 Å². The third kappa shape index (κ3) is 2.85. The summed E-state index contributed by atoms with van der Waals surface area (Å²) in [5, 5.41) is 8.87. The molecule has 1 N–H and O–H groups in total. The molecule has 1 atom stereocenters. The van der Waals surface area contributed by atoms with Gasteiger partial charge in [0, 0.05) is 4.86 Å². The number of hydrogen-bond donors (Lipinski definition) is 1. The number of benzene rings is 2. The average Bonchev–Trinajstić information content (AvgIpc) is 2.87. The first kappa shape index (κ1) is 17.7. The second-order valence-electron chi connectivity index (χ2n) is 6.06. The van der Waals surface area contributed by atoms with Crippen LogP contribution in [0.3, 0.4) is 0 Å². The normalized spacial score (nSPS) is 15.2. The summed E-state index contributed by atoms with van der Waals surface area (Å²) in [5.41, 5.74) is 1.55. The molecule has 2 aromatic rings. The van der Waals surface area contributed by atoms with Gasteiger partial charge in [0.25, 0.3) is 11.8 Å². The van der Waals surface area contributed by atoms with Crippen molar-refractivity contribution in [1.82, 2.24) is 9.62 Å². The Labute approximate surface area is 152 Å². The van der Waals surface area contributed by atoms with Crippen LogP contribution >= 0.6 is 0 Å². The summed E-state index contributed by atoms with van der Waals surface area (Å²) in [6, 6.07) is 13.4. The molecule has 3 rings (SSSR count). The fourth-order valence-electron chi connectivity index (χ4n) is 2.81. The number of carbonyl (C=O) groups is 2. The van der Waals surface area contributed by atoms with Crippen molar-refractivity contribution in [3.8, 4) is 6.19 Å². The van der Waals surface area contributed by atoms with Gasteiger partial charge in [-0.1, -0.05) is 24.3 Å². The molecule has 0 spiro atoms. The number of fused-ring (bicyclic) bond motifs is 1. The molecule has 6 nitrogen and oxygen atoms in total. The third-order valence-electron chi connectivity index (χ3n) is 4.24. The van der Waals surface area contributed by atoms with Crippen LogP contribution in [-0.4, -0.2) is 25.8 Å². The molecule has 7 heteroatoms. The first-order valence-electron chi connectivity index (χ1n) is 7.93. The van der Waals surface area contributed by atoms with Gasteiger partial charge in [-0.15, -0.1) is 0 Å². The number of nitrogens with zero attached hydrogens (tertiary/aromatic N) is 2. The van der Waals surface area contributed by atoms with E-state index in [1.165, 1.54) is 4.90 Å². The topological polar surface area (TPSA) is 90.3 Å². The van der Waals surface area contributed by atoms with E-state index in [4.69, 9.17) is 5.26 Å². The monoisotopic (exact) mass is 367 g/mol. The predicted octanol–water partition coefficient (Wildman–Crippen LogP) is 2.32. The summed E-state index contributed by atoms with van der Waals surface area (Å²) in [6.07, 6.45) is 1.74. The lowest BCUT2D eigenvalue weighted by atomic mass is 10.1. The molecule has 26 heavy (non-hydrogen) atoms. The molecule has 0 aromatic heterocycles. The van der Waals surface area contributed by atoms with Crippen molar-refractivity contribution < 1.29 is 13.8 Å². The summed E-state index contributed by atoms with van der Waals surface area (Å²) in [7, 11) is -2.79. The molecule has 1 unspecified atom stereocenters. The number of amides is 2. The SMILES string of the molecule is CC(C)=S(=O)(NC#N)c1ccc(CN2C(=O)c3ccccc3C2=O)cc1. The maximum absolute atomic E-state index is 12.9. The number of hydrogen-bond acceptors (Lipinski definition) is 4. The first-order chi connectivity index (χ1) is 12.4. The number of rotatable bonds is 4. The largest absolute Gasteiger partial charge is 0.270 e. The Kier molecular flexibility index (Phi) is 4.53. The molecule has 0 aliphatic carbocycles. The minimum absolute atomic E-state index is 0.133. The maximum atomic E-state index is 12.9. The highest BCUT2D eigenvalue weighted by atomic mass is 32.2. The molecule has 2 aromatic carbocycles. The van der Waals surface area contributed by atoms with Crippen molar-refractivity contribution in [2.75, 3.05) is 0 Å². The number of carbonyl (C=O) groups excluding carboxylic acids is 2. The molecular weight excluding hydrogens is 350 g/mol. The van der Waals surface area contributed by atoms with Crippen LogP contribution < -0.4 is 4.72 Å². The summed E-state index contributed by atoms with van der Waals surface area (Å²) in [5.74, 6) is -0.635. The first-order valence-corrected chi connectivity index (χ1v) is 9.48. The molecule has 0 fully saturated rings. The van der Waals surface area contributed by atoms with Crippen LogP contribution in [0.4, 0.5) is 0 Å². The lowest BCUT2D eigenvalue weighted by Gasteiger charge is -2.15. The van der Waals surface area contributed by atoms with Crippen molar-refractivity contribution >= 4 is 26.4 Å². The summed E-state index contributed by atoms with van der Waals surface area (Å²) >= 11 is 0. The van der Waals surface area contributed by atoms with Crippen LogP contribution in [-0.2, 0) is 16.3 Å². The van der Waals surface area contributed by atoms with Gasteiger partial charge >= 0.3 is 0 Å². The van der Waals surface area contributed by atoms with Crippen LogP contribution in [0, 0.1) is 11.5 Å². The Morgan fingerprint density at radius 2 is 1.58 bits per heavy atom. The summed E-state index contributed by atoms with van der Waals surface area (Å²) in [4.78, 5) is 27.1. The van der Waals surface area contributed by atoms with Gasteiger partial charge in [-0.2, -0.15) is 5.26 Å². The van der Waals surface area contributed by atoms with E-state index in [0.717, 1.165) is 5.56 Å². The predicted molar refractivity (Wildman–Crippen MR) is 98.6 cm³/mol. The quantitative estimate of drug-likeness (QED) is 0.389. The van der Waals surface area contributed by atoms with Crippen LogP contribution in [0.25, 0.3) is 0 Å². The van der Waals surface area contributed by atoms with Crippen molar-refractivity contribution in [3.05, 3.63) is 65.2 Å². The minimum Gasteiger partial charge on any atom is -0.270 e. The van der Waals surface area contributed by atoms with E-state index in [-0.39, 0.29) is 18.4 Å². The van der Waals surface area contributed by atoms with Crippen LogP contribution in [0.2, 0.25) is 0 Å². The van der Waals surface area contributed by atoms with Gasteiger partial charge in [0.15, 0.2) is 6.19 Å². The molecule has 1 heterocycles. The van der Waals surface area contributed by atoms with Gasteiger partial charge in [-0.25, -0.2) is 8.93 Å². The highest BCUT2D eigenvalue weighted by Gasteiger charge is 2.34. The van der Waals surface area contributed by atoms with Gasteiger partial charge in [-0.3, -0.25) is 14.5 Å². The third-order valence-corrected chi connectivity index (χ3v) is 6.70. The zero-order valence-corrected chi connectivity index (χ0v) is 15.2. The van der Waals surface area contributed by atoms with Gasteiger partial charge in [0.05, 0.1) is 32.3 Å². The van der Waals surface area contributed by atoms with E-state index in [1.54, 1.807) is 68.6 Å². The average molecular weight is 367 g/mol. The van der Waals surface area contributed by atoms with E-state index < -0.39 is 9.71 Å². The fraction of sp³-hybridized carbons (Fsp3) is 0.158. The Hall–Kier alpha value is -3.11. The van der Waals surface area contributed by atoms with Crippen molar-refractivity contribution in [2.24, 2.45) is 0 Å². The molecule has 0 radical (unpaired) electrons. The Morgan fingerprint density at radius 1 is 1.04 bits per heavy atom. The molecule has 2 amide bonds. The van der Waals surface area contributed by atoms with E-state index in [2.05, 4.69) is 4.72 Å². The van der Waals surface area contributed by atoms with Gasteiger partial charge in [0.1, 0.15) is 0 Å². The zero-order valence-electron chi connectivity index (χ0n) is 14.4. The zero-order chi connectivity index (χ0) is 18.9. The number of nitriles is 1. The van der Waals surface area contributed by atoms with Gasteiger partial charge in [0.2, 0.25) is 0 Å². The van der Waals surface area contributed by atoms with Gasteiger partial charge < -0.3 is 0 Å². The standard InChI is InChI=1S/C19H17N3O3S/c1-13(2)26(25,21-12-20)15-9-7-14(8-10-15)11-22-18(23)16-5-3-4-6-17(16)19(22)24/h3-10H,11H2,1-2H3,(H,21,25). The number of imide groups is 1. The summed E-state index contributed by atoms with van der Waals surface area (Å²) < 4.78 is 15.3. The maximum Gasteiger partial charge on any atom is 0.261 e. The molecule has 132 valence electrons. The molecule has 0 saturated carbocycles. The Morgan fingerprint density at radius 3 is 2.04 bits per heavy atom. The van der Waals surface area contributed by atoms with E-state index in [1.807, 2.05) is 0 Å². The van der Waals surface area contributed by atoms with Crippen LogP contribution in [0.1, 0.15) is 40.1 Å². The van der Waals surface area contributed by atoms with E-state index in [9.17, 15) is 13.8 Å². The Bertz CT molecular complexity index is 1020. The smallest absolute Gasteiger partial charge is 0.261 e. The van der Waals surface area contributed by atoms with Crippen molar-refractivity contribution in [1.29, 1.82) is 5.26 Å². The summed E-state index contributed by atoms with van der Waals surface area (Å²) in [6.45, 7) is 3.52. The van der Waals surface area contributed by atoms with E-state index in [0.29, 0.717) is 20.9 Å². The second kappa shape index (κ2) is 6.65. The number of nitrogens with one attached hydrogen (secondary N) is 1.